The average Bonchev–Trinajstić information content (AvgIpc) is 3.26. The smallest absolute Gasteiger partial charge is 0.309 e. The van der Waals surface area contributed by atoms with Crippen LogP contribution < -0.4 is 10.6 Å². The second-order valence-corrected chi connectivity index (χ2v) is 7.19. The van der Waals surface area contributed by atoms with E-state index in [0.717, 1.165) is 0 Å². The Bertz CT molecular complexity index is 857. The molecular formula is C22H27N3O5. The third-order valence-corrected chi connectivity index (χ3v) is 4.99. The number of nitrogens with zero attached hydrogens (tertiary/aromatic N) is 1. The molecule has 3 rings (SSSR count). The molecule has 1 aliphatic rings. The van der Waals surface area contributed by atoms with Gasteiger partial charge in [-0.15, -0.1) is 0 Å². The molecule has 1 fully saturated rings. The summed E-state index contributed by atoms with van der Waals surface area (Å²) < 4.78 is 10.3. The fourth-order valence-electron chi connectivity index (χ4n) is 3.41. The van der Waals surface area contributed by atoms with Crippen LogP contribution in [0.3, 0.4) is 0 Å². The molecule has 0 atom stereocenters. The maximum absolute atomic E-state index is 12.4. The number of rotatable bonds is 8. The second kappa shape index (κ2) is 10.6. The van der Waals surface area contributed by atoms with Crippen LogP contribution in [-0.4, -0.2) is 48.9 Å². The molecule has 0 aliphatic carbocycles. The monoisotopic (exact) mass is 413 g/mol. The molecule has 0 unspecified atom stereocenters. The maximum Gasteiger partial charge on any atom is 0.309 e. The lowest BCUT2D eigenvalue weighted by molar-refractivity contribution is -0.149. The number of carbonyl (C=O) groups excluding carboxylic acids is 3. The minimum Gasteiger partial charge on any atom is -0.467 e. The summed E-state index contributed by atoms with van der Waals surface area (Å²) in [6.45, 7) is 4.07. The quantitative estimate of drug-likeness (QED) is 0.645. The lowest BCUT2D eigenvalue weighted by Crippen LogP contribution is -2.41. The summed E-state index contributed by atoms with van der Waals surface area (Å²) in [7, 11) is 0. The highest BCUT2D eigenvalue weighted by atomic mass is 16.5. The number of anilines is 1. The highest BCUT2D eigenvalue weighted by molar-refractivity contribution is 5.97. The van der Waals surface area contributed by atoms with Crippen molar-refractivity contribution in [1.82, 2.24) is 10.2 Å². The summed E-state index contributed by atoms with van der Waals surface area (Å²) in [6, 6.07) is 10.3. The predicted octanol–water partition coefficient (Wildman–Crippen LogP) is 2.42. The van der Waals surface area contributed by atoms with Gasteiger partial charge in [0, 0.05) is 11.3 Å². The van der Waals surface area contributed by atoms with Crippen molar-refractivity contribution in [2.45, 2.75) is 26.3 Å². The number of nitrogens with one attached hydrogen (secondary N) is 2. The van der Waals surface area contributed by atoms with Crippen LogP contribution >= 0.6 is 0 Å². The predicted molar refractivity (Wildman–Crippen MR) is 111 cm³/mol. The Labute approximate surface area is 175 Å². The Hall–Kier alpha value is -3.13. The fourth-order valence-corrected chi connectivity index (χ4v) is 3.41. The number of hydrogen-bond acceptors (Lipinski definition) is 6. The Morgan fingerprint density at radius 1 is 1.17 bits per heavy atom. The summed E-state index contributed by atoms with van der Waals surface area (Å²) >= 11 is 0. The topological polar surface area (TPSA) is 101 Å². The van der Waals surface area contributed by atoms with Gasteiger partial charge >= 0.3 is 5.97 Å². The van der Waals surface area contributed by atoms with Crippen LogP contribution in [0, 0.1) is 5.92 Å². The van der Waals surface area contributed by atoms with Gasteiger partial charge in [0.25, 0.3) is 5.91 Å². The summed E-state index contributed by atoms with van der Waals surface area (Å²) in [4.78, 5) is 38.5. The number of esters is 1. The molecule has 1 aromatic carbocycles. The molecule has 1 saturated heterocycles. The Balaban J connectivity index is 1.46. The molecule has 2 N–H and O–H groups in total. The number of furan rings is 1. The number of piperidine rings is 1. The van der Waals surface area contributed by atoms with Crippen LogP contribution in [-0.2, 0) is 20.9 Å². The van der Waals surface area contributed by atoms with E-state index in [1.54, 1.807) is 49.6 Å². The Kier molecular flexibility index (Phi) is 7.62. The van der Waals surface area contributed by atoms with Gasteiger partial charge in [-0.2, -0.15) is 0 Å². The first-order valence-corrected chi connectivity index (χ1v) is 10.1. The summed E-state index contributed by atoms with van der Waals surface area (Å²) in [5.41, 5.74) is 1.02. The average molecular weight is 413 g/mol. The van der Waals surface area contributed by atoms with E-state index in [0.29, 0.717) is 56.1 Å². The zero-order valence-corrected chi connectivity index (χ0v) is 17.1. The first kappa shape index (κ1) is 21.6. The standard InChI is InChI=1S/C22H27N3O5/c1-2-29-22(28)16-8-10-25(11-9-16)15-20(26)24-18-6-3-5-17(13-18)21(27)23-14-19-7-4-12-30-19/h3-7,12-13,16H,2,8-11,14-15H2,1H3,(H,23,27)(H,24,26). The van der Waals surface area contributed by atoms with Crippen LogP contribution in [0.2, 0.25) is 0 Å². The van der Waals surface area contributed by atoms with Crippen molar-refractivity contribution >= 4 is 23.5 Å². The highest BCUT2D eigenvalue weighted by Gasteiger charge is 2.26. The molecule has 2 heterocycles. The van der Waals surface area contributed by atoms with Crippen molar-refractivity contribution < 1.29 is 23.5 Å². The van der Waals surface area contributed by atoms with Gasteiger partial charge in [0.15, 0.2) is 0 Å². The summed E-state index contributed by atoms with van der Waals surface area (Å²) in [5.74, 6) is 0.0326. The van der Waals surface area contributed by atoms with Gasteiger partial charge in [-0.3, -0.25) is 19.3 Å². The van der Waals surface area contributed by atoms with Crippen molar-refractivity contribution in [3.05, 3.63) is 54.0 Å². The highest BCUT2D eigenvalue weighted by Crippen LogP contribution is 2.19. The van der Waals surface area contributed by atoms with E-state index in [-0.39, 0.29) is 30.2 Å². The van der Waals surface area contributed by atoms with Gasteiger partial charge in [-0.05, 0) is 63.2 Å². The normalized spacial score (nSPS) is 14.8. The van der Waals surface area contributed by atoms with Gasteiger partial charge in [0.2, 0.25) is 5.91 Å². The first-order valence-electron chi connectivity index (χ1n) is 10.1. The molecule has 30 heavy (non-hydrogen) atoms. The second-order valence-electron chi connectivity index (χ2n) is 7.19. The molecule has 8 nitrogen and oxygen atoms in total. The fraction of sp³-hybridized carbons (Fsp3) is 0.409. The van der Waals surface area contributed by atoms with Gasteiger partial charge < -0.3 is 19.8 Å². The SMILES string of the molecule is CCOC(=O)C1CCN(CC(=O)Nc2cccc(C(=O)NCc3ccco3)c2)CC1. The minimum absolute atomic E-state index is 0.0827. The largest absolute Gasteiger partial charge is 0.467 e. The van der Waals surface area contributed by atoms with Crippen LogP contribution in [0.1, 0.15) is 35.9 Å². The number of benzene rings is 1. The molecule has 0 bridgehead atoms. The maximum atomic E-state index is 12.4. The summed E-state index contributed by atoms with van der Waals surface area (Å²) in [6.07, 6.45) is 2.94. The van der Waals surface area contributed by atoms with Crippen LogP contribution in [0.5, 0.6) is 0 Å². The zero-order chi connectivity index (χ0) is 21.3. The van der Waals surface area contributed by atoms with E-state index in [9.17, 15) is 14.4 Å². The van der Waals surface area contributed by atoms with Gasteiger partial charge in [-0.25, -0.2) is 0 Å². The van der Waals surface area contributed by atoms with Crippen LogP contribution in [0.25, 0.3) is 0 Å². The van der Waals surface area contributed by atoms with Gasteiger partial charge in [0.05, 0.1) is 31.9 Å². The molecule has 8 heteroatoms. The number of ether oxygens (including phenoxy) is 1. The number of carbonyl (C=O) groups is 3. The summed E-state index contributed by atoms with van der Waals surface area (Å²) in [5, 5.41) is 5.62. The lowest BCUT2D eigenvalue weighted by Gasteiger charge is -2.30. The molecule has 0 radical (unpaired) electrons. The van der Waals surface area contributed by atoms with Crippen LogP contribution in [0.4, 0.5) is 5.69 Å². The van der Waals surface area contributed by atoms with Crippen molar-refractivity contribution in [3.8, 4) is 0 Å². The number of amides is 2. The molecule has 2 aromatic rings. The van der Waals surface area contributed by atoms with Gasteiger partial charge in [-0.1, -0.05) is 6.07 Å². The molecule has 160 valence electrons. The van der Waals surface area contributed by atoms with Crippen molar-refractivity contribution in [2.75, 3.05) is 31.6 Å². The zero-order valence-electron chi connectivity index (χ0n) is 17.1. The molecule has 0 spiro atoms. The van der Waals surface area contributed by atoms with Gasteiger partial charge in [0.1, 0.15) is 5.76 Å². The Morgan fingerprint density at radius 3 is 2.67 bits per heavy atom. The molecular weight excluding hydrogens is 386 g/mol. The minimum atomic E-state index is -0.247. The van der Waals surface area contributed by atoms with E-state index in [1.165, 1.54) is 0 Å². The van der Waals surface area contributed by atoms with Crippen LogP contribution in [0.15, 0.2) is 47.1 Å². The molecule has 2 amide bonds. The van der Waals surface area contributed by atoms with Crippen molar-refractivity contribution in [1.29, 1.82) is 0 Å². The van der Waals surface area contributed by atoms with E-state index < -0.39 is 0 Å². The Morgan fingerprint density at radius 2 is 1.97 bits per heavy atom. The molecule has 0 saturated carbocycles. The number of likely N-dealkylation sites (tertiary alicyclic amines) is 1. The van der Waals surface area contributed by atoms with E-state index in [1.807, 2.05) is 4.90 Å². The third-order valence-electron chi connectivity index (χ3n) is 4.99. The number of hydrogen-bond donors (Lipinski definition) is 2. The van der Waals surface area contributed by atoms with Crippen molar-refractivity contribution in [3.63, 3.8) is 0 Å². The lowest BCUT2D eigenvalue weighted by atomic mass is 9.97. The first-order chi connectivity index (χ1) is 14.5. The molecule has 1 aliphatic heterocycles. The van der Waals surface area contributed by atoms with E-state index in [2.05, 4.69) is 10.6 Å². The van der Waals surface area contributed by atoms with Crippen molar-refractivity contribution in [2.24, 2.45) is 5.92 Å². The van der Waals surface area contributed by atoms with E-state index >= 15 is 0 Å². The third kappa shape index (κ3) is 6.18. The van der Waals surface area contributed by atoms with E-state index in [4.69, 9.17) is 9.15 Å². The molecule has 1 aromatic heterocycles.